The number of hydrogen-bond donors (Lipinski definition) is 0. The number of halogens is 3. The molecule has 1 atom stereocenters. The number of rotatable bonds is 2. The van der Waals surface area contributed by atoms with E-state index in [0.717, 1.165) is 63.4 Å². The molecule has 0 radical (unpaired) electrons. The Morgan fingerprint density at radius 2 is 1.75 bits per heavy atom. The lowest BCUT2D eigenvalue weighted by atomic mass is 9.95. The Balaban J connectivity index is 1.47. The summed E-state index contributed by atoms with van der Waals surface area (Å²) in [6.07, 6.45) is 0.386. The number of alkyl halides is 3. The van der Waals surface area contributed by atoms with Crippen molar-refractivity contribution in [1.29, 1.82) is 0 Å². The van der Waals surface area contributed by atoms with E-state index in [1.165, 1.54) is 11.1 Å². The summed E-state index contributed by atoms with van der Waals surface area (Å²) in [7, 11) is 0. The third-order valence-corrected chi connectivity index (χ3v) is 6.36. The van der Waals surface area contributed by atoms with Crippen LogP contribution in [-0.4, -0.2) is 47.0 Å². The minimum absolute atomic E-state index is 0.394. The topological polar surface area (TPSA) is 30.3 Å². The zero-order valence-corrected chi connectivity index (χ0v) is 15.8. The van der Waals surface area contributed by atoms with E-state index in [-0.39, 0.29) is 0 Å². The van der Waals surface area contributed by atoms with Crippen LogP contribution in [-0.2, 0) is 36.6 Å². The highest BCUT2D eigenvalue weighted by Crippen LogP contribution is 2.37. The first-order valence-electron chi connectivity index (χ1n) is 10.1. The van der Waals surface area contributed by atoms with E-state index in [0.29, 0.717) is 24.4 Å². The van der Waals surface area contributed by atoms with E-state index in [4.69, 9.17) is 4.74 Å². The summed E-state index contributed by atoms with van der Waals surface area (Å²) in [6, 6.07) is 6.53. The minimum atomic E-state index is -4.40. The maximum absolute atomic E-state index is 13.5. The second kappa shape index (κ2) is 6.88. The summed E-state index contributed by atoms with van der Waals surface area (Å²) in [4.78, 5) is 2.47. The van der Waals surface area contributed by atoms with E-state index < -0.39 is 11.9 Å². The van der Waals surface area contributed by atoms with E-state index in [2.05, 4.69) is 22.1 Å². The molecular weight excluding hydrogens is 367 g/mol. The van der Waals surface area contributed by atoms with Crippen molar-refractivity contribution in [2.75, 3.05) is 26.3 Å². The second-order valence-electron chi connectivity index (χ2n) is 8.05. The van der Waals surface area contributed by atoms with Crippen molar-refractivity contribution in [2.24, 2.45) is 0 Å². The zero-order chi connectivity index (χ0) is 19.3. The number of nitrogens with zero attached hydrogens (tertiary/aromatic N) is 3. The first-order chi connectivity index (χ1) is 13.5. The number of ether oxygens (including phenoxy) is 1. The average molecular weight is 391 g/mol. The first-order valence-corrected chi connectivity index (χ1v) is 10.1. The Morgan fingerprint density at radius 1 is 1.00 bits per heavy atom. The van der Waals surface area contributed by atoms with Gasteiger partial charge in [0.1, 0.15) is 0 Å². The van der Waals surface area contributed by atoms with Crippen LogP contribution in [0.5, 0.6) is 0 Å². The fourth-order valence-corrected chi connectivity index (χ4v) is 4.95. The molecule has 7 heteroatoms. The van der Waals surface area contributed by atoms with Gasteiger partial charge < -0.3 is 4.74 Å². The fraction of sp³-hybridized carbons (Fsp3) is 0.571. The van der Waals surface area contributed by atoms with Crippen LogP contribution in [0.4, 0.5) is 13.2 Å². The van der Waals surface area contributed by atoms with Crippen LogP contribution in [0.2, 0.25) is 0 Å². The lowest BCUT2D eigenvalue weighted by molar-refractivity contribution is -0.142. The molecule has 1 aliphatic heterocycles. The maximum atomic E-state index is 13.5. The lowest BCUT2D eigenvalue weighted by Gasteiger charge is -2.32. The molecule has 1 aromatic carbocycles. The molecule has 2 aromatic rings. The highest BCUT2D eigenvalue weighted by molar-refractivity contribution is 5.46. The van der Waals surface area contributed by atoms with E-state index in [1.807, 2.05) is 6.07 Å². The fourth-order valence-electron chi connectivity index (χ4n) is 4.95. The SMILES string of the molecule is FC(F)(F)c1nn(-c2ccc3c(c2)CC(N2CCOCC2)C3)c2c1CCCC2. The molecule has 2 aliphatic carbocycles. The molecule has 1 saturated heterocycles. The quantitative estimate of drug-likeness (QED) is 0.784. The van der Waals surface area contributed by atoms with E-state index in [9.17, 15) is 13.2 Å². The van der Waals surface area contributed by atoms with Gasteiger partial charge in [-0.3, -0.25) is 4.90 Å². The van der Waals surface area contributed by atoms with Crippen molar-refractivity contribution < 1.29 is 17.9 Å². The molecule has 0 N–H and O–H groups in total. The largest absolute Gasteiger partial charge is 0.435 e. The monoisotopic (exact) mass is 391 g/mol. The molecular formula is C21H24F3N3O. The Labute approximate surface area is 162 Å². The molecule has 0 saturated carbocycles. The summed E-state index contributed by atoms with van der Waals surface area (Å²) in [5, 5.41) is 4.03. The van der Waals surface area contributed by atoms with Crippen LogP contribution in [0.15, 0.2) is 18.2 Å². The van der Waals surface area contributed by atoms with Gasteiger partial charge in [-0.15, -0.1) is 0 Å². The number of hydrogen-bond acceptors (Lipinski definition) is 3. The summed E-state index contributed by atoms with van der Waals surface area (Å²) >= 11 is 0. The molecule has 5 rings (SSSR count). The Kier molecular flexibility index (Phi) is 4.47. The van der Waals surface area contributed by atoms with Gasteiger partial charge in [0, 0.05) is 30.4 Å². The van der Waals surface area contributed by atoms with Crippen molar-refractivity contribution in [3.63, 3.8) is 0 Å². The maximum Gasteiger partial charge on any atom is 0.435 e. The van der Waals surface area contributed by atoms with Crippen molar-refractivity contribution in [3.05, 3.63) is 46.3 Å². The smallest absolute Gasteiger partial charge is 0.379 e. The van der Waals surface area contributed by atoms with Gasteiger partial charge in [0.05, 0.1) is 18.9 Å². The molecule has 150 valence electrons. The molecule has 0 spiro atoms. The second-order valence-corrected chi connectivity index (χ2v) is 8.05. The van der Waals surface area contributed by atoms with Gasteiger partial charge in [-0.05, 0) is 61.8 Å². The number of fused-ring (bicyclic) bond motifs is 2. The Morgan fingerprint density at radius 3 is 2.54 bits per heavy atom. The molecule has 2 heterocycles. The molecule has 0 bridgehead atoms. The van der Waals surface area contributed by atoms with Gasteiger partial charge in [-0.2, -0.15) is 18.3 Å². The predicted octanol–water partition coefficient (Wildman–Crippen LogP) is 3.57. The number of benzene rings is 1. The molecule has 1 aromatic heterocycles. The van der Waals surface area contributed by atoms with E-state index in [1.54, 1.807) is 4.68 Å². The van der Waals surface area contributed by atoms with E-state index >= 15 is 0 Å². The minimum Gasteiger partial charge on any atom is -0.379 e. The van der Waals surface area contributed by atoms with Crippen LogP contribution >= 0.6 is 0 Å². The summed E-state index contributed by atoms with van der Waals surface area (Å²) in [5.74, 6) is 0. The normalized spacial score (nSPS) is 22.9. The van der Waals surface area contributed by atoms with Gasteiger partial charge in [0.15, 0.2) is 5.69 Å². The van der Waals surface area contributed by atoms with Crippen molar-refractivity contribution >= 4 is 0 Å². The summed E-state index contributed by atoms with van der Waals surface area (Å²) in [6.45, 7) is 3.45. The highest BCUT2D eigenvalue weighted by atomic mass is 19.4. The van der Waals surface area contributed by atoms with Gasteiger partial charge in [0.25, 0.3) is 0 Å². The molecule has 4 nitrogen and oxygen atoms in total. The van der Waals surface area contributed by atoms with Crippen LogP contribution in [0.1, 0.15) is 40.9 Å². The summed E-state index contributed by atoms with van der Waals surface area (Å²) in [5.41, 5.74) is 3.73. The zero-order valence-electron chi connectivity index (χ0n) is 15.8. The van der Waals surface area contributed by atoms with Crippen LogP contribution in [0.25, 0.3) is 5.69 Å². The van der Waals surface area contributed by atoms with Gasteiger partial charge in [-0.25, -0.2) is 4.68 Å². The summed E-state index contributed by atoms with van der Waals surface area (Å²) < 4.78 is 47.5. The van der Waals surface area contributed by atoms with Gasteiger partial charge >= 0.3 is 6.18 Å². The van der Waals surface area contributed by atoms with Crippen molar-refractivity contribution in [1.82, 2.24) is 14.7 Å². The van der Waals surface area contributed by atoms with Crippen LogP contribution < -0.4 is 0 Å². The third kappa shape index (κ3) is 3.14. The number of morpholine rings is 1. The molecule has 0 amide bonds. The standard InChI is InChI=1S/C21H24F3N3O/c22-21(23,24)20-18-3-1-2-4-19(18)27(25-20)16-6-5-14-11-17(13-15(14)12-16)26-7-9-28-10-8-26/h5-6,12,17H,1-4,7-11,13H2. The molecule has 28 heavy (non-hydrogen) atoms. The predicted molar refractivity (Wildman–Crippen MR) is 98.8 cm³/mol. The van der Waals surface area contributed by atoms with Gasteiger partial charge in [0.2, 0.25) is 0 Å². The first kappa shape index (κ1) is 18.2. The molecule has 1 fully saturated rings. The van der Waals surface area contributed by atoms with Crippen LogP contribution in [0.3, 0.4) is 0 Å². The van der Waals surface area contributed by atoms with Crippen molar-refractivity contribution in [2.45, 2.75) is 50.7 Å². The van der Waals surface area contributed by atoms with Crippen molar-refractivity contribution in [3.8, 4) is 5.69 Å². The lowest BCUT2D eigenvalue weighted by Crippen LogP contribution is -2.43. The third-order valence-electron chi connectivity index (χ3n) is 6.36. The highest BCUT2D eigenvalue weighted by Gasteiger charge is 2.40. The van der Waals surface area contributed by atoms with Crippen LogP contribution in [0, 0.1) is 0 Å². The average Bonchev–Trinajstić information content (AvgIpc) is 3.29. The molecule has 1 unspecified atom stereocenters. The number of aromatic nitrogens is 2. The Hall–Kier alpha value is -1.86. The molecule has 3 aliphatic rings. The Bertz CT molecular complexity index is 884. The van der Waals surface area contributed by atoms with Gasteiger partial charge in [-0.1, -0.05) is 6.07 Å².